The lowest BCUT2D eigenvalue weighted by Crippen LogP contribution is -2.50. The summed E-state index contributed by atoms with van der Waals surface area (Å²) in [6.07, 6.45) is 0. The first-order valence-corrected chi connectivity index (χ1v) is 9.13. The van der Waals surface area contributed by atoms with Gasteiger partial charge in [-0.3, -0.25) is 4.79 Å². The molecule has 0 saturated carbocycles. The molecule has 0 aromatic heterocycles. The summed E-state index contributed by atoms with van der Waals surface area (Å²) < 4.78 is 4.93. The summed E-state index contributed by atoms with van der Waals surface area (Å²) in [5, 5.41) is 14.5. The van der Waals surface area contributed by atoms with E-state index in [4.69, 9.17) is 15.7 Å². The van der Waals surface area contributed by atoms with Crippen LogP contribution in [0.15, 0.2) is 53.7 Å². The Morgan fingerprint density at radius 2 is 1.41 bits per heavy atom. The van der Waals surface area contributed by atoms with Crippen LogP contribution in [-0.2, 0) is 20.5 Å². The van der Waals surface area contributed by atoms with Crippen LogP contribution in [0.5, 0.6) is 0 Å². The van der Waals surface area contributed by atoms with E-state index in [-0.39, 0.29) is 11.3 Å². The Balaban J connectivity index is 2.35. The van der Waals surface area contributed by atoms with Crippen LogP contribution in [-0.4, -0.2) is 30.0 Å². The Labute approximate surface area is 170 Å². The van der Waals surface area contributed by atoms with Gasteiger partial charge < -0.3 is 21.0 Å². The maximum Gasteiger partial charge on any atom is 0.336 e. The van der Waals surface area contributed by atoms with E-state index in [1.807, 2.05) is 12.1 Å². The lowest BCUT2D eigenvalue weighted by molar-refractivity contribution is -0.148. The van der Waals surface area contributed by atoms with Crippen molar-refractivity contribution >= 4 is 17.7 Å². The molecule has 2 aromatic rings. The predicted octanol–water partition coefficient (Wildman–Crippen LogP) is 2.90. The highest BCUT2D eigenvalue weighted by Gasteiger charge is 2.38. The number of amidine groups is 1. The smallest absolute Gasteiger partial charge is 0.336 e. The molecule has 0 unspecified atom stereocenters. The van der Waals surface area contributed by atoms with Crippen LogP contribution in [0.25, 0.3) is 0 Å². The van der Waals surface area contributed by atoms with Gasteiger partial charge in [0.05, 0.1) is 7.11 Å². The number of nitrogens with one attached hydrogen (secondary N) is 1. The minimum Gasteiger partial charge on any atom is -0.467 e. The lowest BCUT2D eigenvalue weighted by atomic mass is 9.86. The fourth-order valence-electron chi connectivity index (χ4n) is 2.90. The summed E-state index contributed by atoms with van der Waals surface area (Å²) in [7, 11) is 1.26. The van der Waals surface area contributed by atoms with Gasteiger partial charge in [0, 0.05) is 11.1 Å². The molecule has 0 spiro atoms. The minimum absolute atomic E-state index is 0.0308. The van der Waals surface area contributed by atoms with Crippen LogP contribution < -0.4 is 11.1 Å². The summed E-state index contributed by atoms with van der Waals surface area (Å²) >= 11 is 0. The van der Waals surface area contributed by atoms with Gasteiger partial charge in [-0.15, -0.1) is 0 Å². The van der Waals surface area contributed by atoms with Crippen molar-refractivity contribution < 1.29 is 19.5 Å². The zero-order chi connectivity index (χ0) is 21.8. The minimum atomic E-state index is -1.42. The normalized spacial score (nSPS) is 14.0. The molecule has 0 saturated heterocycles. The number of oxime groups is 1. The number of nitrogens with zero attached hydrogens (tertiary/aromatic N) is 1. The Morgan fingerprint density at radius 1 is 0.931 bits per heavy atom. The Morgan fingerprint density at radius 3 is 1.86 bits per heavy atom. The average molecular weight is 397 g/mol. The Bertz CT molecular complexity index is 913. The van der Waals surface area contributed by atoms with Crippen LogP contribution in [0.3, 0.4) is 0 Å². The number of carbonyl (C=O) groups is 2. The van der Waals surface area contributed by atoms with Crippen LogP contribution in [0.4, 0.5) is 0 Å². The van der Waals surface area contributed by atoms with Crippen molar-refractivity contribution in [1.29, 1.82) is 0 Å². The van der Waals surface area contributed by atoms with Gasteiger partial charge in [-0.25, -0.2) is 4.79 Å². The summed E-state index contributed by atoms with van der Waals surface area (Å²) in [4.78, 5) is 25.4. The molecular formula is C22H27N3O4. The second-order valence-electron chi connectivity index (χ2n) is 7.96. The van der Waals surface area contributed by atoms with E-state index in [0.29, 0.717) is 16.7 Å². The molecule has 29 heavy (non-hydrogen) atoms. The summed E-state index contributed by atoms with van der Waals surface area (Å²) in [5.74, 6) is -1.08. The van der Waals surface area contributed by atoms with Crippen molar-refractivity contribution in [3.05, 3.63) is 70.8 Å². The maximum atomic E-state index is 12.8. The van der Waals surface area contributed by atoms with Crippen LogP contribution in [0.1, 0.15) is 54.7 Å². The molecule has 0 aliphatic heterocycles. The molecule has 0 fully saturated rings. The first-order chi connectivity index (χ1) is 13.5. The van der Waals surface area contributed by atoms with Gasteiger partial charge in [-0.2, -0.15) is 0 Å². The van der Waals surface area contributed by atoms with Gasteiger partial charge in [0.1, 0.15) is 0 Å². The highest BCUT2D eigenvalue weighted by Crippen LogP contribution is 2.25. The monoisotopic (exact) mass is 397 g/mol. The number of benzene rings is 2. The Kier molecular flexibility index (Phi) is 6.31. The van der Waals surface area contributed by atoms with E-state index in [1.165, 1.54) is 7.11 Å². The van der Waals surface area contributed by atoms with Crippen molar-refractivity contribution in [2.75, 3.05) is 7.11 Å². The fourth-order valence-corrected chi connectivity index (χ4v) is 2.90. The molecule has 0 aliphatic rings. The molecule has 4 N–H and O–H groups in total. The van der Waals surface area contributed by atoms with Gasteiger partial charge in [-0.05, 0) is 35.6 Å². The van der Waals surface area contributed by atoms with E-state index in [2.05, 4.69) is 31.2 Å². The third-order valence-corrected chi connectivity index (χ3v) is 4.84. The number of methoxy groups -OCH3 is 1. The van der Waals surface area contributed by atoms with E-state index < -0.39 is 17.4 Å². The average Bonchev–Trinajstić information content (AvgIpc) is 2.71. The second kappa shape index (κ2) is 8.34. The SMILES string of the molecule is COC(=O)[C@@](C)(NC(=O)c1ccc(C(C)(C)C)cc1)c1ccc(/C(N)=N/O)cc1. The van der Waals surface area contributed by atoms with Crippen molar-refractivity contribution in [3.63, 3.8) is 0 Å². The van der Waals surface area contributed by atoms with Crippen molar-refractivity contribution in [1.82, 2.24) is 5.32 Å². The molecule has 1 amide bonds. The number of rotatable bonds is 5. The first kappa shape index (κ1) is 21.9. The number of carbonyl (C=O) groups excluding carboxylic acids is 2. The van der Waals surface area contributed by atoms with Crippen molar-refractivity contribution in [2.45, 2.75) is 38.6 Å². The molecule has 7 nitrogen and oxygen atoms in total. The topological polar surface area (TPSA) is 114 Å². The molecule has 1 atom stereocenters. The summed E-state index contributed by atoms with van der Waals surface area (Å²) in [5.41, 5.74) is 6.64. The van der Waals surface area contributed by atoms with Crippen molar-refractivity contribution in [3.8, 4) is 0 Å². The standard InChI is InChI=1S/C22H27N3O4/c1-21(2,3)16-10-8-15(9-11-16)19(26)24-22(4,20(27)29-5)17-12-6-14(7-13-17)18(23)25-28/h6-13,28H,1-5H3,(H2,23,25)(H,24,26)/t22-/m0/s1. The second-order valence-corrected chi connectivity index (χ2v) is 7.96. The van der Waals surface area contributed by atoms with E-state index in [0.717, 1.165) is 5.56 Å². The molecule has 0 bridgehead atoms. The number of nitrogens with two attached hydrogens (primary N) is 1. The maximum absolute atomic E-state index is 12.8. The van der Waals surface area contributed by atoms with Crippen molar-refractivity contribution in [2.24, 2.45) is 10.9 Å². The zero-order valence-electron chi connectivity index (χ0n) is 17.3. The molecule has 0 radical (unpaired) electrons. The number of amides is 1. The summed E-state index contributed by atoms with van der Waals surface area (Å²) in [6.45, 7) is 7.84. The third-order valence-electron chi connectivity index (χ3n) is 4.84. The number of hydrogen-bond donors (Lipinski definition) is 3. The lowest BCUT2D eigenvalue weighted by Gasteiger charge is -2.29. The van der Waals surface area contributed by atoms with Gasteiger partial charge in [0.25, 0.3) is 5.91 Å². The highest BCUT2D eigenvalue weighted by atomic mass is 16.5. The highest BCUT2D eigenvalue weighted by molar-refractivity contribution is 5.99. The molecule has 2 rings (SSSR count). The summed E-state index contributed by atoms with van der Waals surface area (Å²) in [6, 6.07) is 13.7. The molecule has 2 aromatic carbocycles. The quantitative estimate of drug-likeness (QED) is 0.236. The first-order valence-electron chi connectivity index (χ1n) is 9.13. The zero-order valence-corrected chi connectivity index (χ0v) is 17.3. The Hall–Kier alpha value is -3.35. The van der Waals surface area contributed by atoms with Gasteiger partial charge >= 0.3 is 5.97 Å². The van der Waals surface area contributed by atoms with Gasteiger partial charge in [0.2, 0.25) is 0 Å². The molecular weight excluding hydrogens is 370 g/mol. The van der Waals surface area contributed by atoms with Crippen LogP contribution in [0.2, 0.25) is 0 Å². The molecule has 0 aliphatic carbocycles. The number of ether oxygens (including phenoxy) is 1. The number of hydrogen-bond acceptors (Lipinski definition) is 5. The number of esters is 1. The van der Waals surface area contributed by atoms with E-state index in [1.54, 1.807) is 43.3 Å². The molecule has 0 heterocycles. The van der Waals surface area contributed by atoms with E-state index >= 15 is 0 Å². The molecule has 7 heteroatoms. The van der Waals surface area contributed by atoms with Gasteiger partial charge in [0.15, 0.2) is 11.4 Å². The third kappa shape index (κ3) is 4.74. The molecule has 154 valence electrons. The van der Waals surface area contributed by atoms with Crippen LogP contribution in [0, 0.1) is 0 Å². The van der Waals surface area contributed by atoms with Crippen LogP contribution >= 0.6 is 0 Å². The van der Waals surface area contributed by atoms with Gasteiger partial charge in [-0.1, -0.05) is 62.3 Å². The fraction of sp³-hybridized carbons (Fsp3) is 0.318. The largest absolute Gasteiger partial charge is 0.467 e. The van der Waals surface area contributed by atoms with E-state index in [9.17, 15) is 9.59 Å². The predicted molar refractivity (Wildman–Crippen MR) is 111 cm³/mol.